The van der Waals surface area contributed by atoms with Crippen LogP contribution in [0.25, 0.3) is 0 Å². The van der Waals surface area contributed by atoms with Crippen molar-refractivity contribution in [2.24, 2.45) is 5.92 Å². The molecule has 6 heteroatoms. The van der Waals surface area contributed by atoms with E-state index in [1.54, 1.807) is 12.1 Å². The fourth-order valence-corrected chi connectivity index (χ4v) is 3.61. The number of hydrogen-bond donors (Lipinski definition) is 2. The summed E-state index contributed by atoms with van der Waals surface area (Å²) in [5.41, 5.74) is 2.55. The Balaban J connectivity index is 1.53. The van der Waals surface area contributed by atoms with Gasteiger partial charge >= 0.3 is 11.9 Å². The summed E-state index contributed by atoms with van der Waals surface area (Å²) in [6.45, 7) is 1.09. The summed E-state index contributed by atoms with van der Waals surface area (Å²) in [6.07, 6.45) is 3.22. The van der Waals surface area contributed by atoms with Gasteiger partial charge in [0.15, 0.2) is 0 Å². The topological polar surface area (TPSA) is 84.9 Å². The number of hydrogen-bond acceptors (Lipinski definition) is 5. The largest absolute Gasteiger partial charge is 0.489 e. The zero-order valence-corrected chi connectivity index (χ0v) is 16.6. The molecule has 0 aliphatic heterocycles. The van der Waals surface area contributed by atoms with Crippen molar-refractivity contribution < 1.29 is 24.2 Å². The van der Waals surface area contributed by atoms with E-state index >= 15 is 0 Å². The minimum Gasteiger partial charge on any atom is -0.489 e. The number of carbonyl (C=O) groups excluding carboxylic acids is 1. The lowest BCUT2D eigenvalue weighted by Crippen LogP contribution is -2.34. The molecular weight excluding hydrogens is 370 g/mol. The molecule has 0 saturated heterocycles. The molecule has 29 heavy (non-hydrogen) atoms. The lowest BCUT2D eigenvalue weighted by Gasteiger charge is -2.27. The van der Waals surface area contributed by atoms with Crippen molar-refractivity contribution in [3.8, 4) is 5.75 Å². The normalized spacial score (nSPS) is 18.8. The summed E-state index contributed by atoms with van der Waals surface area (Å²) in [7, 11) is 1.36. The molecule has 0 amide bonds. The van der Waals surface area contributed by atoms with Crippen molar-refractivity contribution in [1.29, 1.82) is 0 Å². The van der Waals surface area contributed by atoms with Crippen LogP contribution in [-0.4, -0.2) is 30.2 Å². The highest BCUT2D eigenvalue weighted by atomic mass is 16.5. The van der Waals surface area contributed by atoms with Gasteiger partial charge in [0.25, 0.3) is 0 Å². The van der Waals surface area contributed by atoms with Gasteiger partial charge in [0, 0.05) is 18.2 Å². The SMILES string of the molecule is COC(=O)c1ccc(COc2ccccc2CNC2CCC(C(=O)O)CC2)cc1. The Labute approximate surface area is 170 Å². The Bertz CT molecular complexity index is 825. The van der Waals surface area contributed by atoms with Crippen molar-refractivity contribution in [3.05, 3.63) is 65.2 Å². The Morgan fingerprint density at radius 3 is 2.38 bits per heavy atom. The summed E-state index contributed by atoms with van der Waals surface area (Å²) in [4.78, 5) is 22.6. The number of esters is 1. The highest BCUT2D eigenvalue weighted by Gasteiger charge is 2.25. The number of aliphatic carboxylic acids is 1. The van der Waals surface area contributed by atoms with Crippen LogP contribution in [0.3, 0.4) is 0 Å². The number of para-hydroxylation sites is 1. The molecule has 1 saturated carbocycles. The van der Waals surface area contributed by atoms with Crippen molar-refractivity contribution >= 4 is 11.9 Å². The maximum atomic E-state index is 11.5. The molecule has 0 heterocycles. The molecule has 0 bridgehead atoms. The quantitative estimate of drug-likeness (QED) is 0.660. The Morgan fingerprint density at radius 1 is 1.03 bits per heavy atom. The van der Waals surface area contributed by atoms with E-state index in [0.29, 0.717) is 24.8 Å². The zero-order valence-electron chi connectivity index (χ0n) is 16.6. The number of benzene rings is 2. The molecule has 0 spiro atoms. The number of nitrogens with one attached hydrogen (secondary N) is 1. The van der Waals surface area contributed by atoms with E-state index in [2.05, 4.69) is 5.32 Å². The standard InChI is InChI=1S/C23H27NO5/c1-28-23(27)18-8-6-16(7-9-18)15-29-21-5-3-2-4-19(21)14-24-20-12-10-17(11-13-20)22(25)26/h2-9,17,20,24H,10-15H2,1H3,(H,25,26). The lowest BCUT2D eigenvalue weighted by atomic mass is 9.86. The van der Waals surface area contributed by atoms with Gasteiger partial charge in [0.05, 0.1) is 18.6 Å². The van der Waals surface area contributed by atoms with E-state index < -0.39 is 5.97 Å². The highest BCUT2D eigenvalue weighted by molar-refractivity contribution is 5.89. The van der Waals surface area contributed by atoms with E-state index in [0.717, 1.165) is 42.6 Å². The number of rotatable bonds is 8. The molecule has 3 rings (SSSR count). The smallest absolute Gasteiger partial charge is 0.337 e. The first-order chi connectivity index (χ1) is 14.1. The Kier molecular flexibility index (Phi) is 7.25. The predicted octanol–water partition coefficient (Wildman–Crippen LogP) is 3.79. The second-order valence-corrected chi connectivity index (χ2v) is 7.35. The third kappa shape index (κ3) is 5.81. The average molecular weight is 397 g/mol. The number of carboxylic acids is 1. The molecule has 154 valence electrons. The fourth-order valence-electron chi connectivity index (χ4n) is 3.61. The Hall–Kier alpha value is -2.86. The fraction of sp³-hybridized carbons (Fsp3) is 0.391. The summed E-state index contributed by atoms with van der Waals surface area (Å²) in [5.74, 6) is -0.418. The number of methoxy groups -OCH3 is 1. The molecular formula is C23H27NO5. The van der Waals surface area contributed by atoms with Gasteiger partial charge in [-0.3, -0.25) is 4.79 Å². The first kappa shape index (κ1) is 20.9. The van der Waals surface area contributed by atoms with Crippen LogP contribution in [0.15, 0.2) is 48.5 Å². The summed E-state index contributed by atoms with van der Waals surface area (Å²) >= 11 is 0. The van der Waals surface area contributed by atoms with Gasteiger partial charge in [-0.15, -0.1) is 0 Å². The number of carboxylic acid groups (broad SMARTS) is 1. The minimum absolute atomic E-state index is 0.200. The molecule has 6 nitrogen and oxygen atoms in total. The molecule has 1 aliphatic carbocycles. The van der Waals surface area contributed by atoms with Gasteiger partial charge in [-0.2, -0.15) is 0 Å². The monoisotopic (exact) mass is 397 g/mol. The molecule has 2 N–H and O–H groups in total. The third-order valence-corrected chi connectivity index (χ3v) is 5.40. The van der Waals surface area contributed by atoms with Gasteiger partial charge in [-0.05, 0) is 49.4 Å². The third-order valence-electron chi connectivity index (χ3n) is 5.40. The van der Waals surface area contributed by atoms with E-state index in [4.69, 9.17) is 14.6 Å². The maximum absolute atomic E-state index is 11.5. The molecule has 0 aromatic heterocycles. The molecule has 0 atom stereocenters. The second kappa shape index (κ2) is 10.1. The lowest BCUT2D eigenvalue weighted by molar-refractivity contribution is -0.142. The van der Waals surface area contributed by atoms with Crippen LogP contribution in [0, 0.1) is 5.92 Å². The first-order valence-electron chi connectivity index (χ1n) is 9.91. The second-order valence-electron chi connectivity index (χ2n) is 7.35. The number of ether oxygens (including phenoxy) is 2. The van der Waals surface area contributed by atoms with Crippen molar-refractivity contribution in [3.63, 3.8) is 0 Å². The van der Waals surface area contributed by atoms with Crippen molar-refractivity contribution in [2.75, 3.05) is 7.11 Å². The molecule has 0 radical (unpaired) electrons. The highest BCUT2D eigenvalue weighted by Crippen LogP contribution is 2.26. The first-order valence-corrected chi connectivity index (χ1v) is 9.91. The van der Waals surface area contributed by atoms with E-state index in [-0.39, 0.29) is 11.9 Å². The van der Waals surface area contributed by atoms with Crippen LogP contribution in [0.4, 0.5) is 0 Å². The van der Waals surface area contributed by atoms with Crippen LogP contribution >= 0.6 is 0 Å². The van der Waals surface area contributed by atoms with Gasteiger partial charge < -0.3 is 19.9 Å². The average Bonchev–Trinajstić information content (AvgIpc) is 2.77. The zero-order chi connectivity index (χ0) is 20.6. The number of carbonyl (C=O) groups is 2. The van der Waals surface area contributed by atoms with E-state index in [1.807, 2.05) is 36.4 Å². The van der Waals surface area contributed by atoms with E-state index in [1.165, 1.54) is 7.11 Å². The molecule has 2 aromatic carbocycles. The van der Waals surface area contributed by atoms with E-state index in [9.17, 15) is 9.59 Å². The predicted molar refractivity (Wildman–Crippen MR) is 109 cm³/mol. The molecule has 0 unspecified atom stereocenters. The van der Waals surface area contributed by atoms with Crippen LogP contribution < -0.4 is 10.1 Å². The van der Waals surface area contributed by atoms with Crippen LogP contribution in [-0.2, 0) is 22.7 Å². The molecule has 1 aliphatic rings. The van der Waals surface area contributed by atoms with Crippen LogP contribution in [0.1, 0.15) is 47.2 Å². The summed E-state index contributed by atoms with van der Waals surface area (Å²) in [6, 6.07) is 15.4. The molecule has 1 fully saturated rings. The van der Waals surface area contributed by atoms with Crippen LogP contribution in [0.5, 0.6) is 5.75 Å². The van der Waals surface area contributed by atoms with Gasteiger partial charge in [-0.1, -0.05) is 30.3 Å². The van der Waals surface area contributed by atoms with Crippen molar-refractivity contribution in [2.45, 2.75) is 44.9 Å². The van der Waals surface area contributed by atoms with Crippen LogP contribution in [0.2, 0.25) is 0 Å². The minimum atomic E-state index is -0.679. The molecule has 2 aromatic rings. The van der Waals surface area contributed by atoms with Gasteiger partial charge in [0.1, 0.15) is 12.4 Å². The Morgan fingerprint density at radius 2 is 1.72 bits per heavy atom. The summed E-state index contributed by atoms with van der Waals surface area (Å²) in [5, 5.41) is 12.7. The summed E-state index contributed by atoms with van der Waals surface area (Å²) < 4.78 is 10.7. The van der Waals surface area contributed by atoms with Gasteiger partial charge in [-0.25, -0.2) is 4.79 Å². The van der Waals surface area contributed by atoms with Gasteiger partial charge in [0.2, 0.25) is 0 Å². The van der Waals surface area contributed by atoms with Crippen molar-refractivity contribution in [1.82, 2.24) is 5.32 Å². The maximum Gasteiger partial charge on any atom is 0.337 e.